The molecule has 3 rings (SSSR count). The first-order valence-electron chi connectivity index (χ1n) is 9.06. The zero-order chi connectivity index (χ0) is 18.5. The van der Waals surface area contributed by atoms with Crippen molar-refractivity contribution in [2.75, 3.05) is 0 Å². The van der Waals surface area contributed by atoms with Crippen LogP contribution in [0.2, 0.25) is 0 Å². The van der Waals surface area contributed by atoms with Crippen molar-refractivity contribution in [2.45, 2.75) is 65.1 Å². The van der Waals surface area contributed by atoms with E-state index in [4.69, 9.17) is 9.31 Å². The van der Waals surface area contributed by atoms with E-state index in [9.17, 15) is 0 Å². The Morgan fingerprint density at radius 2 is 1.32 bits per heavy atom. The van der Waals surface area contributed by atoms with Crippen LogP contribution in [0.15, 0.2) is 48.5 Å². The molecule has 1 aliphatic rings. The van der Waals surface area contributed by atoms with Crippen molar-refractivity contribution >= 4 is 12.6 Å². The van der Waals surface area contributed by atoms with Gasteiger partial charge in [0.25, 0.3) is 0 Å². The van der Waals surface area contributed by atoms with E-state index in [1.54, 1.807) is 0 Å². The highest BCUT2D eigenvalue weighted by Crippen LogP contribution is 2.37. The molecule has 2 nitrogen and oxygen atoms in total. The van der Waals surface area contributed by atoms with Crippen molar-refractivity contribution in [1.29, 1.82) is 0 Å². The van der Waals surface area contributed by atoms with Gasteiger partial charge in [0.15, 0.2) is 0 Å². The Balaban J connectivity index is 2.08. The fraction of sp³-hybridized carbons (Fsp3) is 0.455. The summed E-state index contributed by atoms with van der Waals surface area (Å²) in [6.45, 7) is 15.1. The van der Waals surface area contributed by atoms with Gasteiger partial charge in [-0.1, -0.05) is 69.3 Å². The smallest absolute Gasteiger partial charge is 0.399 e. The second-order valence-electron chi connectivity index (χ2n) is 9.05. The predicted molar refractivity (Wildman–Crippen MR) is 106 cm³/mol. The lowest BCUT2D eigenvalue weighted by molar-refractivity contribution is 0.00578. The highest BCUT2D eigenvalue weighted by molar-refractivity contribution is 6.62. The Labute approximate surface area is 152 Å². The topological polar surface area (TPSA) is 18.5 Å². The Morgan fingerprint density at radius 3 is 1.84 bits per heavy atom. The van der Waals surface area contributed by atoms with Crippen LogP contribution in [0, 0.1) is 0 Å². The van der Waals surface area contributed by atoms with E-state index in [0.717, 1.165) is 5.46 Å². The Bertz CT molecular complexity index is 741. The van der Waals surface area contributed by atoms with E-state index in [1.807, 2.05) is 6.07 Å². The minimum atomic E-state index is -0.338. The minimum Gasteiger partial charge on any atom is -0.399 e. The third kappa shape index (κ3) is 3.54. The maximum Gasteiger partial charge on any atom is 0.494 e. The van der Waals surface area contributed by atoms with E-state index in [1.165, 1.54) is 16.7 Å². The standard InChI is InChI=1S/C22H29BO2/c1-20(2,3)18-13-17(16-11-9-8-10-12-16)14-19(15-18)23-24-21(4,5)22(6,7)25-23/h8-15H,1-7H3. The van der Waals surface area contributed by atoms with E-state index in [2.05, 4.69) is 90.9 Å². The molecule has 1 saturated heterocycles. The average molecular weight is 336 g/mol. The molecule has 1 fully saturated rings. The maximum atomic E-state index is 6.29. The van der Waals surface area contributed by atoms with Gasteiger partial charge >= 0.3 is 7.12 Å². The van der Waals surface area contributed by atoms with Gasteiger partial charge in [-0.2, -0.15) is 0 Å². The molecule has 0 aliphatic carbocycles. The molecule has 25 heavy (non-hydrogen) atoms. The van der Waals surface area contributed by atoms with Gasteiger partial charge in [0.1, 0.15) is 0 Å². The van der Waals surface area contributed by atoms with E-state index < -0.39 is 0 Å². The normalized spacial score (nSPS) is 19.2. The summed E-state index contributed by atoms with van der Waals surface area (Å²) in [5, 5.41) is 0. The summed E-state index contributed by atoms with van der Waals surface area (Å²) in [7, 11) is -0.338. The second-order valence-corrected chi connectivity index (χ2v) is 9.05. The molecule has 0 saturated carbocycles. The van der Waals surface area contributed by atoms with Crippen LogP contribution in [-0.4, -0.2) is 18.3 Å². The van der Waals surface area contributed by atoms with Gasteiger partial charge in [-0.05, 0) is 55.3 Å². The summed E-state index contributed by atoms with van der Waals surface area (Å²) >= 11 is 0. The molecule has 2 aromatic rings. The van der Waals surface area contributed by atoms with Crippen molar-refractivity contribution in [2.24, 2.45) is 0 Å². The predicted octanol–water partition coefficient (Wildman–Crippen LogP) is 4.95. The number of hydrogen-bond acceptors (Lipinski definition) is 2. The van der Waals surface area contributed by atoms with E-state index >= 15 is 0 Å². The van der Waals surface area contributed by atoms with Crippen LogP contribution in [0.1, 0.15) is 54.0 Å². The molecule has 0 radical (unpaired) electrons. The van der Waals surface area contributed by atoms with Crippen molar-refractivity contribution in [3.63, 3.8) is 0 Å². The van der Waals surface area contributed by atoms with Crippen molar-refractivity contribution < 1.29 is 9.31 Å². The molecule has 2 aromatic carbocycles. The molecule has 0 aromatic heterocycles. The first-order chi connectivity index (χ1) is 11.5. The summed E-state index contributed by atoms with van der Waals surface area (Å²) in [6, 6.07) is 17.2. The number of benzene rings is 2. The SMILES string of the molecule is CC(C)(C)c1cc(B2OC(C)(C)C(C)(C)O2)cc(-c2ccccc2)c1. The van der Waals surface area contributed by atoms with Crippen LogP contribution in [0.3, 0.4) is 0 Å². The molecule has 0 atom stereocenters. The second kappa shape index (κ2) is 6.00. The zero-order valence-electron chi connectivity index (χ0n) is 16.5. The molecular weight excluding hydrogens is 307 g/mol. The average Bonchev–Trinajstić information content (AvgIpc) is 2.75. The molecule has 1 aliphatic heterocycles. The number of rotatable bonds is 2. The van der Waals surface area contributed by atoms with Crippen molar-refractivity contribution in [3.05, 3.63) is 54.1 Å². The molecule has 0 spiro atoms. The molecule has 132 valence electrons. The zero-order valence-corrected chi connectivity index (χ0v) is 16.5. The Morgan fingerprint density at radius 1 is 0.760 bits per heavy atom. The Kier molecular flexibility index (Phi) is 4.37. The van der Waals surface area contributed by atoms with E-state index in [0.29, 0.717) is 0 Å². The third-order valence-corrected chi connectivity index (χ3v) is 5.45. The molecule has 0 N–H and O–H groups in total. The van der Waals surface area contributed by atoms with Crippen LogP contribution in [-0.2, 0) is 14.7 Å². The molecule has 0 unspecified atom stereocenters. The summed E-state index contributed by atoms with van der Waals surface area (Å²) in [4.78, 5) is 0. The lowest BCUT2D eigenvalue weighted by atomic mass is 9.74. The number of hydrogen-bond donors (Lipinski definition) is 0. The fourth-order valence-corrected chi connectivity index (χ4v) is 3.00. The van der Waals surface area contributed by atoms with Crippen LogP contribution >= 0.6 is 0 Å². The largest absolute Gasteiger partial charge is 0.494 e. The van der Waals surface area contributed by atoms with Gasteiger partial charge in [0.05, 0.1) is 11.2 Å². The van der Waals surface area contributed by atoms with Gasteiger partial charge in [-0.15, -0.1) is 0 Å². The molecular formula is C22H29BO2. The monoisotopic (exact) mass is 336 g/mol. The van der Waals surface area contributed by atoms with Crippen LogP contribution in [0.4, 0.5) is 0 Å². The summed E-state index contributed by atoms with van der Waals surface area (Å²) < 4.78 is 12.6. The van der Waals surface area contributed by atoms with Crippen molar-refractivity contribution in [1.82, 2.24) is 0 Å². The minimum absolute atomic E-state index is 0.0587. The van der Waals surface area contributed by atoms with E-state index in [-0.39, 0.29) is 23.7 Å². The van der Waals surface area contributed by atoms with Gasteiger partial charge < -0.3 is 9.31 Å². The summed E-state index contributed by atoms with van der Waals surface area (Å²) in [5.41, 5.74) is 4.20. The first-order valence-corrected chi connectivity index (χ1v) is 9.06. The first kappa shape index (κ1) is 18.2. The Hall–Kier alpha value is -1.58. The highest BCUT2D eigenvalue weighted by Gasteiger charge is 2.51. The quantitative estimate of drug-likeness (QED) is 0.723. The van der Waals surface area contributed by atoms with Gasteiger partial charge in [-0.3, -0.25) is 0 Å². The van der Waals surface area contributed by atoms with Gasteiger partial charge in [0.2, 0.25) is 0 Å². The highest BCUT2D eigenvalue weighted by atomic mass is 16.7. The molecule has 0 amide bonds. The maximum absolute atomic E-state index is 6.29. The lowest BCUT2D eigenvalue weighted by Crippen LogP contribution is -2.41. The molecule has 1 heterocycles. The van der Waals surface area contributed by atoms with Crippen LogP contribution < -0.4 is 5.46 Å². The third-order valence-electron chi connectivity index (χ3n) is 5.45. The summed E-state index contributed by atoms with van der Waals surface area (Å²) in [6.07, 6.45) is 0. The van der Waals surface area contributed by atoms with Crippen molar-refractivity contribution in [3.8, 4) is 11.1 Å². The molecule has 3 heteroatoms. The van der Waals surface area contributed by atoms with Gasteiger partial charge in [-0.25, -0.2) is 0 Å². The fourth-order valence-electron chi connectivity index (χ4n) is 3.00. The lowest BCUT2D eigenvalue weighted by Gasteiger charge is -2.32. The summed E-state index contributed by atoms with van der Waals surface area (Å²) in [5.74, 6) is 0. The molecule has 0 bridgehead atoms. The van der Waals surface area contributed by atoms with Crippen LogP contribution in [0.5, 0.6) is 0 Å². The van der Waals surface area contributed by atoms with Gasteiger partial charge in [0, 0.05) is 0 Å². The van der Waals surface area contributed by atoms with Crippen LogP contribution in [0.25, 0.3) is 11.1 Å².